The minimum absolute atomic E-state index is 0.295. The maximum absolute atomic E-state index is 13.6. The van der Waals surface area contributed by atoms with Gasteiger partial charge in [-0.2, -0.15) is 18.3 Å². The van der Waals surface area contributed by atoms with E-state index >= 15 is 0 Å². The molecule has 1 unspecified atom stereocenters. The van der Waals surface area contributed by atoms with Crippen LogP contribution in [-0.4, -0.2) is 50.4 Å². The number of nitrogens with zero attached hydrogens (tertiary/aromatic N) is 3. The highest BCUT2D eigenvalue weighted by atomic mass is 19.4. The lowest BCUT2D eigenvalue weighted by atomic mass is 9.93. The van der Waals surface area contributed by atoms with Crippen molar-refractivity contribution in [1.82, 2.24) is 25.5 Å². The van der Waals surface area contributed by atoms with Crippen LogP contribution in [0.5, 0.6) is 0 Å². The van der Waals surface area contributed by atoms with Gasteiger partial charge in [-0.05, 0) is 31.4 Å². The number of hydrogen-bond acceptors (Lipinski definition) is 6. The number of aliphatic hydroxyl groups is 1. The lowest BCUT2D eigenvalue weighted by Gasteiger charge is -2.31. The largest absolute Gasteiger partial charge is 0.423 e. The molecule has 0 saturated carbocycles. The van der Waals surface area contributed by atoms with Crippen LogP contribution in [0.25, 0.3) is 0 Å². The first-order valence-corrected chi connectivity index (χ1v) is 9.81. The summed E-state index contributed by atoms with van der Waals surface area (Å²) in [6.45, 7) is 2.86. The molecule has 0 aliphatic heterocycles. The van der Waals surface area contributed by atoms with Crippen molar-refractivity contribution in [3.05, 3.63) is 70.9 Å². The van der Waals surface area contributed by atoms with Gasteiger partial charge in [-0.25, -0.2) is 9.97 Å². The fourth-order valence-corrected chi connectivity index (χ4v) is 3.01. The standard InChI is InChI=1S/C21H23F3N6O2/c1-13-14(2)29-18(30-17(13)25-9-8-15-10-27-28-11-15)19(31)26-12-20(32,21(22,23)24)16-6-4-3-5-7-16/h3-7,10-11,32H,8-9,12H2,1-2H3,(H,26,31)(H,27,28)(H,25,29,30). The van der Waals surface area contributed by atoms with Gasteiger partial charge in [0.05, 0.1) is 12.7 Å². The van der Waals surface area contributed by atoms with E-state index in [2.05, 4.69) is 30.8 Å². The Morgan fingerprint density at radius 3 is 2.50 bits per heavy atom. The molecule has 3 rings (SSSR count). The highest BCUT2D eigenvalue weighted by Crippen LogP contribution is 2.38. The van der Waals surface area contributed by atoms with Gasteiger partial charge in [0, 0.05) is 24.0 Å². The Morgan fingerprint density at radius 1 is 1.16 bits per heavy atom. The molecular formula is C21H23F3N6O2. The fraction of sp³-hybridized carbons (Fsp3) is 0.333. The maximum Gasteiger partial charge on any atom is 0.423 e. The number of anilines is 1. The van der Waals surface area contributed by atoms with Crippen LogP contribution >= 0.6 is 0 Å². The molecule has 0 radical (unpaired) electrons. The van der Waals surface area contributed by atoms with E-state index in [9.17, 15) is 23.1 Å². The molecule has 3 aromatic rings. The molecule has 8 nitrogen and oxygen atoms in total. The summed E-state index contributed by atoms with van der Waals surface area (Å²) in [4.78, 5) is 20.8. The zero-order valence-corrected chi connectivity index (χ0v) is 17.5. The first kappa shape index (κ1) is 23.2. The number of aryl methyl sites for hydroxylation is 1. The van der Waals surface area contributed by atoms with Crippen LogP contribution in [0.4, 0.5) is 19.0 Å². The van der Waals surface area contributed by atoms with Gasteiger partial charge >= 0.3 is 6.18 Å². The minimum atomic E-state index is -5.01. The number of aromatic nitrogens is 4. The van der Waals surface area contributed by atoms with Gasteiger partial charge in [-0.1, -0.05) is 30.3 Å². The van der Waals surface area contributed by atoms with Gasteiger partial charge < -0.3 is 15.7 Å². The second-order valence-corrected chi connectivity index (χ2v) is 7.30. The molecule has 0 spiro atoms. The second kappa shape index (κ2) is 9.35. The zero-order chi connectivity index (χ0) is 23.4. The van der Waals surface area contributed by atoms with Crippen LogP contribution in [0.3, 0.4) is 0 Å². The molecule has 11 heteroatoms. The summed E-state index contributed by atoms with van der Waals surface area (Å²) >= 11 is 0. The van der Waals surface area contributed by atoms with Gasteiger partial charge in [-0.3, -0.25) is 9.89 Å². The summed E-state index contributed by atoms with van der Waals surface area (Å²) in [7, 11) is 0. The summed E-state index contributed by atoms with van der Waals surface area (Å²) in [5, 5.41) is 22.2. The summed E-state index contributed by atoms with van der Waals surface area (Å²) in [6.07, 6.45) is -0.915. The van der Waals surface area contributed by atoms with Crippen molar-refractivity contribution in [2.75, 3.05) is 18.4 Å². The number of alkyl halides is 3. The highest BCUT2D eigenvalue weighted by Gasteiger charge is 2.55. The van der Waals surface area contributed by atoms with Gasteiger partial charge in [0.25, 0.3) is 5.91 Å². The van der Waals surface area contributed by atoms with Crippen molar-refractivity contribution in [2.24, 2.45) is 0 Å². The van der Waals surface area contributed by atoms with Crippen LogP contribution in [0.15, 0.2) is 42.7 Å². The average Bonchev–Trinajstić information content (AvgIpc) is 3.28. The average molecular weight is 448 g/mol. The third kappa shape index (κ3) is 5.05. The number of nitrogens with one attached hydrogen (secondary N) is 3. The van der Waals surface area contributed by atoms with E-state index in [0.29, 0.717) is 30.0 Å². The Bertz CT molecular complexity index is 1060. The predicted molar refractivity (Wildman–Crippen MR) is 111 cm³/mol. The normalized spacial score (nSPS) is 13.4. The number of H-pyrrole nitrogens is 1. The monoisotopic (exact) mass is 448 g/mol. The van der Waals surface area contributed by atoms with Crippen LogP contribution in [0.1, 0.15) is 33.0 Å². The van der Waals surface area contributed by atoms with Gasteiger partial charge in [0.1, 0.15) is 5.82 Å². The molecule has 0 bridgehead atoms. The van der Waals surface area contributed by atoms with Crippen molar-refractivity contribution in [2.45, 2.75) is 32.0 Å². The number of hydrogen-bond donors (Lipinski definition) is 4. The van der Waals surface area contributed by atoms with E-state index in [1.54, 1.807) is 26.2 Å². The van der Waals surface area contributed by atoms with Crippen molar-refractivity contribution >= 4 is 11.7 Å². The van der Waals surface area contributed by atoms with E-state index in [1.165, 1.54) is 18.2 Å². The maximum atomic E-state index is 13.6. The number of rotatable bonds is 8. The van der Waals surface area contributed by atoms with Crippen molar-refractivity contribution in [3.8, 4) is 0 Å². The van der Waals surface area contributed by atoms with E-state index in [1.807, 2.05) is 0 Å². The SMILES string of the molecule is Cc1nc(C(=O)NCC(O)(c2ccccc2)C(F)(F)F)nc(NCCc2cn[nH]c2)c1C. The Morgan fingerprint density at radius 2 is 1.88 bits per heavy atom. The van der Waals surface area contributed by atoms with Crippen molar-refractivity contribution in [1.29, 1.82) is 0 Å². The molecule has 1 atom stereocenters. The lowest BCUT2D eigenvalue weighted by molar-refractivity contribution is -0.263. The molecule has 0 aliphatic carbocycles. The lowest BCUT2D eigenvalue weighted by Crippen LogP contribution is -2.51. The minimum Gasteiger partial charge on any atom is -0.375 e. The first-order chi connectivity index (χ1) is 15.1. The van der Waals surface area contributed by atoms with Crippen LogP contribution < -0.4 is 10.6 Å². The smallest absolute Gasteiger partial charge is 0.375 e. The predicted octanol–water partition coefficient (Wildman–Crippen LogP) is 2.65. The number of amides is 1. The topological polar surface area (TPSA) is 116 Å². The fourth-order valence-electron chi connectivity index (χ4n) is 3.01. The molecule has 2 aromatic heterocycles. The third-order valence-electron chi connectivity index (χ3n) is 5.08. The van der Waals surface area contributed by atoms with Gasteiger partial charge in [0.2, 0.25) is 11.4 Å². The van der Waals surface area contributed by atoms with Crippen LogP contribution in [-0.2, 0) is 12.0 Å². The molecule has 0 aliphatic rings. The molecule has 0 fully saturated rings. The summed E-state index contributed by atoms with van der Waals surface area (Å²) in [6, 6.07) is 6.58. The van der Waals surface area contributed by atoms with Crippen molar-refractivity contribution < 1.29 is 23.1 Å². The number of carbonyl (C=O) groups is 1. The molecular weight excluding hydrogens is 425 g/mol. The Balaban J connectivity index is 1.74. The molecule has 170 valence electrons. The number of carbonyl (C=O) groups excluding carboxylic acids is 1. The second-order valence-electron chi connectivity index (χ2n) is 7.30. The number of benzene rings is 1. The van der Waals surface area contributed by atoms with Crippen LogP contribution in [0, 0.1) is 13.8 Å². The summed E-state index contributed by atoms with van der Waals surface area (Å²) in [5.41, 5.74) is -1.44. The molecule has 0 saturated heterocycles. The van der Waals surface area contributed by atoms with E-state index in [-0.39, 0.29) is 11.4 Å². The Labute approximate surface area is 182 Å². The van der Waals surface area contributed by atoms with E-state index < -0.39 is 24.2 Å². The Kier molecular flexibility index (Phi) is 6.78. The number of aromatic amines is 1. The number of halogens is 3. The van der Waals surface area contributed by atoms with E-state index in [0.717, 1.165) is 17.7 Å². The van der Waals surface area contributed by atoms with Gasteiger partial charge in [0.15, 0.2) is 0 Å². The van der Waals surface area contributed by atoms with Crippen molar-refractivity contribution in [3.63, 3.8) is 0 Å². The molecule has 4 N–H and O–H groups in total. The van der Waals surface area contributed by atoms with Gasteiger partial charge in [-0.15, -0.1) is 0 Å². The Hall–Kier alpha value is -3.47. The third-order valence-corrected chi connectivity index (χ3v) is 5.08. The molecule has 32 heavy (non-hydrogen) atoms. The zero-order valence-electron chi connectivity index (χ0n) is 17.5. The van der Waals surface area contributed by atoms with E-state index in [4.69, 9.17) is 0 Å². The highest BCUT2D eigenvalue weighted by molar-refractivity contribution is 5.91. The molecule has 2 heterocycles. The molecule has 1 aromatic carbocycles. The summed E-state index contributed by atoms with van der Waals surface area (Å²) < 4.78 is 40.9. The first-order valence-electron chi connectivity index (χ1n) is 9.81. The quantitative estimate of drug-likeness (QED) is 0.421. The molecule has 1 amide bonds. The van der Waals surface area contributed by atoms with Crippen LogP contribution in [0.2, 0.25) is 0 Å². The summed E-state index contributed by atoms with van der Waals surface area (Å²) in [5.74, 6) is -0.818.